The Bertz CT molecular complexity index is 1180. The minimum atomic E-state index is -0.344. The van der Waals surface area contributed by atoms with Gasteiger partial charge in [0.1, 0.15) is 5.01 Å². The molecule has 0 fully saturated rings. The second-order valence-electron chi connectivity index (χ2n) is 6.01. The number of aryl methyl sites for hydroxylation is 1. The smallest absolute Gasteiger partial charge is 0.279 e. The van der Waals surface area contributed by atoms with Gasteiger partial charge in [-0.1, -0.05) is 36.4 Å². The van der Waals surface area contributed by atoms with Crippen LogP contribution in [0.15, 0.2) is 64.8 Å². The Balaban J connectivity index is 1.78. The number of para-hydroxylation sites is 1. The molecule has 2 aromatic carbocycles. The van der Waals surface area contributed by atoms with Gasteiger partial charge in [0.05, 0.1) is 17.6 Å². The first-order chi connectivity index (χ1) is 13.1. The van der Waals surface area contributed by atoms with Crippen LogP contribution in [0.4, 0.5) is 0 Å². The van der Waals surface area contributed by atoms with Crippen molar-refractivity contribution in [2.75, 3.05) is 0 Å². The molecule has 2 heterocycles. The molecule has 0 spiro atoms. The maximum atomic E-state index is 12.8. The van der Waals surface area contributed by atoms with Gasteiger partial charge in [-0.3, -0.25) is 9.59 Å². The lowest BCUT2D eigenvalue weighted by Crippen LogP contribution is -2.29. The van der Waals surface area contributed by atoms with E-state index in [4.69, 9.17) is 0 Å². The summed E-state index contributed by atoms with van der Waals surface area (Å²) in [6, 6.07) is 16.1. The molecule has 2 aromatic heterocycles. The third kappa shape index (κ3) is 3.37. The van der Waals surface area contributed by atoms with Crippen molar-refractivity contribution in [2.45, 2.75) is 13.5 Å². The van der Waals surface area contributed by atoms with Crippen LogP contribution in [0.1, 0.15) is 21.2 Å². The number of hydrogen-bond acceptors (Lipinski definition) is 5. The van der Waals surface area contributed by atoms with Crippen molar-refractivity contribution in [3.63, 3.8) is 0 Å². The molecule has 6 nitrogen and oxygen atoms in total. The summed E-state index contributed by atoms with van der Waals surface area (Å²) < 4.78 is 1.27. The molecule has 1 amide bonds. The molecule has 0 unspecified atom stereocenters. The highest BCUT2D eigenvalue weighted by Gasteiger charge is 2.17. The average molecular weight is 376 g/mol. The molecular weight excluding hydrogens is 360 g/mol. The first-order valence-electron chi connectivity index (χ1n) is 8.40. The first kappa shape index (κ1) is 17.1. The van der Waals surface area contributed by atoms with E-state index in [0.717, 1.165) is 10.7 Å². The van der Waals surface area contributed by atoms with E-state index in [1.807, 2.05) is 30.5 Å². The van der Waals surface area contributed by atoms with E-state index < -0.39 is 0 Å². The molecule has 0 saturated heterocycles. The molecule has 0 saturated carbocycles. The number of aromatic nitrogens is 3. The predicted molar refractivity (Wildman–Crippen MR) is 105 cm³/mol. The van der Waals surface area contributed by atoms with Gasteiger partial charge in [0.15, 0.2) is 5.69 Å². The molecule has 0 aliphatic heterocycles. The third-order valence-corrected chi connectivity index (χ3v) is 5.05. The monoisotopic (exact) mass is 376 g/mol. The van der Waals surface area contributed by atoms with Crippen molar-refractivity contribution >= 4 is 28.0 Å². The third-order valence-electron chi connectivity index (χ3n) is 4.09. The predicted octanol–water partition coefficient (Wildman–Crippen LogP) is 3.08. The van der Waals surface area contributed by atoms with Crippen LogP contribution in [0.25, 0.3) is 16.5 Å². The van der Waals surface area contributed by atoms with Crippen LogP contribution in [0, 0.1) is 6.92 Å². The highest BCUT2D eigenvalue weighted by Crippen LogP contribution is 2.16. The van der Waals surface area contributed by atoms with Crippen LogP contribution >= 0.6 is 11.3 Å². The van der Waals surface area contributed by atoms with E-state index in [2.05, 4.69) is 15.4 Å². The fourth-order valence-corrected chi connectivity index (χ4v) is 3.54. The molecule has 134 valence electrons. The Labute approximate surface area is 159 Å². The Morgan fingerprint density at radius 1 is 1.07 bits per heavy atom. The van der Waals surface area contributed by atoms with Crippen molar-refractivity contribution < 1.29 is 4.79 Å². The van der Waals surface area contributed by atoms with E-state index in [1.54, 1.807) is 36.4 Å². The topological polar surface area (TPSA) is 76.9 Å². The zero-order valence-electron chi connectivity index (χ0n) is 14.5. The summed E-state index contributed by atoms with van der Waals surface area (Å²) >= 11 is 1.49. The zero-order valence-corrected chi connectivity index (χ0v) is 15.4. The Morgan fingerprint density at radius 3 is 2.48 bits per heavy atom. The molecule has 4 aromatic rings. The summed E-state index contributed by atoms with van der Waals surface area (Å²) in [5, 5.41) is 10.9. The lowest BCUT2D eigenvalue weighted by Gasteiger charge is -2.11. The molecule has 0 radical (unpaired) electrons. The van der Waals surface area contributed by atoms with E-state index >= 15 is 0 Å². The summed E-state index contributed by atoms with van der Waals surface area (Å²) in [6.45, 7) is 2.23. The first-order valence-corrected chi connectivity index (χ1v) is 9.28. The van der Waals surface area contributed by atoms with E-state index in [0.29, 0.717) is 23.0 Å². The largest absolute Gasteiger partial charge is 0.344 e. The molecule has 7 heteroatoms. The molecule has 0 atom stereocenters. The maximum Gasteiger partial charge on any atom is 0.279 e. The van der Waals surface area contributed by atoms with Gasteiger partial charge in [-0.15, -0.1) is 11.3 Å². The second-order valence-corrected chi connectivity index (χ2v) is 6.95. The number of benzene rings is 2. The highest BCUT2D eigenvalue weighted by atomic mass is 32.1. The van der Waals surface area contributed by atoms with Gasteiger partial charge in [-0.05, 0) is 25.1 Å². The van der Waals surface area contributed by atoms with E-state index in [1.165, 1.54) is 16.0 Å². The van der Waals surface area contributed by atoms with Gasteiger partial charge in [0, 0.05) is 16.5 Å². The number of thiazole rings is 1. The molecular formula is C20H16N4O2S. The summed E-state index contributed by atoms with van der Waals surface area (Å²) in [6.07, 6.45) is 0. The molecule has 27 heavy (non-hydrogen) atoms. The average Bonchev–Trinajstić information content (AvgIpc) is 3.12. The van der Waals surface area contributed by atoms with Crippen molar-refractivity contribution in [2.24, 2.45) is 0 Å². The fraction of sp³-hybridized carbons (Fsp3) is 0.100. The van der Waals surface area contributed by atoms with Crippen molar-refractivity contribution in [3.8, 4) is 5.69 Å². The van der Waals surface area contributed by atoms with Crippen molar-refractivity contribution in [1.82, 2.24) is 20.1 Å². The molecule has 0 aliphatic carbocycles. The van der Waals surface area contributed by atoms with Crippen LogP contribution in [-0.4, -0.2) is 20.7 Å². The summed E-state index contributed by atoms with van der Waals surface area (Å²) in [4.78, 5) is 30.0. The second kappa shape index (κ2) is 7.13. The summed E-state index contributed by atoms with van der Waals surface area (Å²) in [7, 11) is 0. The summed E-state index contributed by atoms with van der Waals surface area (Å²) in [5.74, 6) is -0.344. The number of carbonyl (C=O) groups is 1. The van der Waals surface area contributed by atoms with Gasteiger partial charge >= 0.3 is 0 Å². The Hall–Kier alpha value is -3.32. The SMILES string of the molecule is Cc1csc(CNC(=O)c2nn(-c3ccccc3)c(=O)c3ccccc23)n1. The van der Waals surface area contributed by atoms with Crippen LogP contribution in [-0.2, 0) is 6.54 Å². The van der Waals surface area contributed by atoms with Gasteiger partial charge in [-0.25, -0.2) is 4.98 Å². The molecule has 0 aliphatic rings. The molecule has 1 N–H and O–H groups in total. The number of nitrogens with one attached hydrogen (secondary N) is 1. The van der Waals surface area contributed by atoms with Crippen molar-refractivity contribution in [1.29, 1.82) is 0 Å². The Morgan fingerprint density at radius 2 is 1.78 bits per heavy atom. The highest BCUT2D eigenvalue weighted by molar-refractivity contribution is 7.09. The number of rotatable bonds is 4. The van der Waals surface area contributed by atoms with Gasteiger partial charge in [0.25, 0.3) is 11.5 Å². The van der Waals surface area contributed by atoms with E-state index in [-0.39, 0.29) is 17.2 Å². The minimum absolute atomic E-state index is 0.210. The van der Waals surface area contributed by atoms with Crippen LogP contribution in [0.5, 0.6) is 0 Å². The standard InChI is InChI=1S/C20H16N4O2S/c1-13-12-27-17(22-13)11-21-19(25)18-15-9-5-6-10-16(15)20(26)24(23-18)14-7-3-2-4-8-14/h2-10,12H,11H2,1H3,(H,21,25). The minimum Gasteiger partial charge on any atom is -0.344 e. The lowest BCUT2D eigenvalue weighted by molar-refractivity contribution is 0.0946. The number of amides is 1. The number of hydrogen-bond donors (Lipinski definition) is 1. The normalized spacial score (nSPS) is 10.9. The van der Waals surface area contributed by atoms with Gasteiger partial charge in [-0.2, -0.15) is 9.78 Å². The summed E-state index contributed by atoms with van der Waals surface area (Å²) in [5.41, 5.74) is 1.48. The van der Waals surface area contributed by atoms with Crippen molar-refractivity contribution in [3.05, 3.63) is 86.7 Å². The van der Waals surface area contributed by atoms with Gasteiger partial charge < -0.3 is 5.32 Å². The van der Waals surface area contributed by atoms with Crippen LogP contribution in [0.2, 0.25) is 0 Å². The number of fused-ring (bicyclic) bond motifs is 1. The molecule has 0 bridgehead atoms. The lowest BCUT2D eigenvalue weighted by atomic mass is 10.1. The zero-order chi connectivity index (χ0) is 18.8. The maximum absolute atomic E-state index is 12.8. The van der Waals surface area contributed by atoms with Gasteiger partial charge in [0.2, 0.25) is 0 Å². The Kier molecular flexibility index (Phi) is 4.52. The molecule has 4 rings (SSSR count). The number of nitrogens with zero attached hydrogens (tertiary/aromatic N) is 3. The van der Waals surface area contributed by atoms with E-state index in [9.17, 15) is 9.59 Å². The quantitative estimate of drug-likeness (QED) is 0.594. The fourth-order valence-electron chi connectivity index (χ4n) is 2.82. The van der Waals surface area contributed by atoms with Crippen LogP contribution < -0.4 is 10.9 Å². The number of carbonyl (C=O) groups excluding carboxylic acids is 1. The van der Waals surface area contributed by atoms with Crippen LogP contribution in [0.3, 0.4) is 0 Å².